The van der Waals surface area contributed by atoms with Crippen LogP contribution in [-0.2, 0) is 19.1 Å². The predicted octanol–water partition coefficient (Wildman–Crippen LogP) is 6.63. The van der Waals surface area contributed by atoms with Gasteiger partial charge in [0.15, 0.2) is 11.5 Å². The molecule has 0 aliphatic carbocycles. The monoisotopic (exact) mass is 761 g/mol. The number of aliphatic carboxylic acids is 2. The Morgan fingerprint density at radius 1 is 0.906 bits per heavy atom. The zero-order valence-electron chi connectivity index (χ0n) is 29.1. The lowest BCUT2D eigenvalue weighted by Crippen LogP contribution is -2.37. The van der Waals surface area contributed by atoms with E-state index in [9.17, 15) is 32.7 Å². The first-order chi connectivity index (χ1) is 25.0. The molecule has 0 radical (unpaired) electrons. The fourth-order valence-corrected chi connectivity index (χ4v) is 5.88. The number of carboxylic acids is 2. The van der Waals surface area contributed by atoms with Gasteiger partial charge in [-0.1, -0.05) is 19.9 Å². The van der Waals surface area contributed by atoms with Gasteiger partial charge in [-0.2, -0.15) is 13.2 Å². The summed E-state index contributed by atoms with van der Waals surface area (Å²) in [6, 6.07) is 15.5. The Morgan fingerprint density at radius 2 is 1.57 bits per heavy atom. The number of methoxy groups -OCH3 is 3. The largest absolute Gasteiger partial charge is 0.493 e. The topological polar surface area (TPSA) is 211 Å². The first kappa shape index (κ1) is 41.5. The minimum Gasteiger partial charge on any atom is -0.493 e. The molecule has 1 heterocycles. The number of nitrogen functional groups attached to an aromatic ring is 1. The third kappa shape index (κ3) is 11.8. The highest BCUT2D eigenvalue weighted by atomic mass is 32.2. The molecular formula is C35H38F3N5O9S. The van der Waals surface area contributed by atoms with E-state index in [-0.39, 0.29) is 5.25 Å². The molecule has 4 aromatic rings. The number of carbonyl (C=O) groups is 4. The number of thioether (sulfide) groups is 1. The summed E-state index contributed by atoms with van der Waals surface area (Å²) in [7, 11) is 4.26. The predicted molar refractivity (Wildman–Crippen MR) is 192 cm³/mol. The van der Waals surface area contributed by atoms with E-state index in [0.29, 0.717) is 39.8 Å². The summed E-state index contributed by atoms with van der Waals surface area (Å²) in [4.78, 5) is 52.1. The van der Waals surface area contributed by atoms with Gasteiger partial charge in [-0.3, -0.25) is 14.9 Å². The first-order valence-corrected chi connectivity index (χ1v) is 16.5. The van der Waals surface area contributed by atoms with Gasteiger partial charge in [0, 0.05) is 33.1 Å². The van der Waals surface area contributed by atoms with Gasteiger partial charge in [0.05, 0.1) is 33.8 Å². The second-order valence-corrected chi connectivity index (χ2v) is 12.9. The van der Waals surface area contributed by atoms with Crippen LogP contribution in [0.2, 0.25) is 0 Å². The zero-order chi connectivity index (χ0) is 39.5. The van der Waals surface area contributed by atoms with Gasteiger partial charge in [0.1, 0.15) is 11.9 Å². The van der Waals surface area contributed by atoms with Crippen LogP contribution < -0.4 is 31.2 Å². The molecule has 2 atom stereocenters. The number of amides is 2. The second-order valence-electron chi connectivity index (χ2n) is 11.3. The summed E-state index contributed by atoms with van der Waals surface area (Å²) >= 11 is 1.51. The number of ether oxygens (including phenoxy) is 3. The lowest BCUT2D eigenvalue weighted by Gasteiger charge is -2.26. The number of nitrogens with one attached hydrogen (secondary N) is 3. The molecule has 7 N–H and O–H groups in total. The number of anilines is 3. The van der Waals surface area contributed by atoms with Crippen molar-refractivity contribution in [2.45, 2.75) is 48.7 Å². The van der Waals surface area contributed by atoms with Crippen molar-refractivity contribution in [1.82, 2.24) is 10.3 Å². The maximum absolute atomic E-state index is 14.3. The summed E-state index contributed by atoms with van der Waals surface area (Å²) < 4.78 is 47.4. The van der Waals surface area contributed by atoms with Crippen LogP contribution in [-0.4, -0.2) is 71.9 Å². The Labute approximate surface area is 306 Å². The van der Waals surface area contributed by atoms with Crippen molar-refractivity contribution < 1.29 is 56.8 Å². The third-order valence-electron chi connectivity index (χ3n) is 7.23. The average Bonchev–Trinajstić information content (AvgIpc) is 3.10. The highest BCUT2D eigenvalue weighted by Gasteiger charge is 2.38. The normalized spacial score (nSPS) is 12.1. The van der Waals surface area contributed by atoms with Gasteiger partial charge >= 0.3 is 24.2 Å². The number of rotatable bonds is 13. The van der Waals surface area contributed by atoms with E-state index >= 15 is 0 Å². The number of carbonyl (C=O) groups excluding carboxylic acids is 2. The van der Waals surface area contributed by atoms with Gasteiger partial charge < -0.3 is 40.8 Å². The van der Waals surface area contributed by atoms with Crippen molar-refractivity contribution in [3.05, 3.63) is 78.0 Å². The molecule has 0 saturated carbocycles. The van der Waals surface area contributed by atoms with Crippen LogP contribution in [0, 0.1) is 0 Å². The number of hydrogen-bond donors (Lipinski definition) is 6. The molecule has 0 spiro atoms. The van der Waals surface area contributed by atoms with E-state index in [4.69, 9.17) is 29.8 Å². The van der Waals surface area contributed by atoms with E-state index in [1.165, 1.54) is 33.1 Å². The fraction of sp³-hybridized carbons (Fsp3) is 0.286. The number of benzene rings is 3. The van der Waals surface area contributed by atoms with Crippen molar-refractivity contribution in [3.8, 4) is 11.5 Å². The highest BCUT2D eigenvalue weighted by molar-refractivity contribution is 8.00. The minimum absolute atomic E-state index is 0.151. The molecule has 18 heteroatoms. The van der Waals surface area contributed by atoms with Crippen LogP contribution in [0.25, 0.3) is 10.8 Å². The second kappa shape index (κ2) is 18.5. The van der Waals surface area contributed by atoms with Crippen LogP contribution in [0.3, 0.4) is 0 Å². The molecule has 0 fully saturated rings. The lowest BCUT2D eigenvalue weighted by atomic mass is 10.00. The van der Waals surface area contributed by atoms with Crippen LogP contribution in [0.1, 0.15) is 43.5 Å². The maximum atomic E-state index is 14.3. The van der Waals surface area contributed by atoms with Gasteiger partial charge in [0.2, 0.25) is 5.91 Å². The van der Waals surface area contributed by atoms with Gasteiger partial charge in [-0.15, -0.1) is 11.8 Å². The number of halogens is 3. The Bertz CT molecular complexity index is 1950. The quantitative estimate of drug-likeness (QED) is 0.0791. The number of carboxylic acid groups (broad SMARTS) is 2. The standard InChI is InChI=1S/C33H37N5O7S.C2HF3O2/c1-18(2)46-28-11-8-22(37-33(42)45-5)16-24(28)25(17-29(39)40)38-32(41)30(20-6-10-26(43-3)27(15-20)44-4)36-21-7-9-23-19(14-21)12-13-35-31(23)34;3-2(4,5)1(6)7/h6-16,18,25,30,36H,17H2,1-5H3,(H2,34,35)(H,37,42)(H,38,41)(H,39,40);(H,6,7)/t25-,30-;/m1./s1. The molecule has 2 amide bonds. The Morgan fingerprint density at radius 3 is 2.15 bits per heavy atom. The molecule has 53 heavy (non-hydrogen) atoms. The summed E-state index contributed by atoms with van der Waals surface area (Å²) in [5, 5.41) is 27.6. The van der Waals surface area contributed by atoms with Crippen molar-refractivity contribution >= 4 is 63.7 Å². The zero-order valence-corrected chi connectivity index (χ0v) is 29.9. The van der Waals surface area contributed by atoms with Gasteiger partial charge in [-0.05, 0) is 71.1 Å². The summed E-state index contributed by atoms with van der Waals surface area (Å²) in [6.07, 6.45) is -4.58. The smallest absolute Gasteiger partial charge is 0.490 e. The Balaban J connectivity index is 0.000000980. The van der Waals surface area contributed by atoms with Crippen LogP contribution in [0.15, 0.2) is 71.8 Å². The molecule has 4 rings (SSSR count). The summed E-state index contributed by atoms with van der Waals surface area (Å²) in [5.41, 5.74) is 8.11. The number of nitrogens with zero attached hydrogens (tertiary/aromatic N) is 1. The highest BCUT2D eigenvalue weighted by Crippen LogP contribution is 2.36. The number of pyridine rings is 1. The lowest BCUT2D eigenvalue weighted by molar-refractivity contribution is -0.192. The van der Waals surface area contributed by atoms with Crippen molar-refractivity contribution in [1.29, 1.82) is 0 Å². The van der Waals surface area contributed by atoms with E-state index in [0.717, 1.165) is 15.7 Å². The van der Waals surface area contributed by atoms with E-state index < -0.39 is 48.6 Å². The Kier molecular flexibility index (Phi) is 14.5. The number of hydrogen-bond acceptors (Lipinski definition) is 11. The van der Waals surface area contributed by atoms with Crippen molar-refractivity contribution in [2.24, 2.45) is 0 Å². The molecule has 0 saturated heterocycles. The van der Waals surface area contributed by atoms with Crippen molar-refractivity contribution in [2.75, 3.05) is 37.7 Å². The molecular weight excluding hydrogens is 723 g/mol. The molecule has 0 aliphatic rings. The third-order valence-corrected chi connectivity index (χ3v) is 8.32. The fourth-order valence-electron chi connectivity index (χ4n) is 4.89. The molecule has 0 aliphatic heterocycles. The average molecular weight is 762 g/mol. The number of nitrogens with two attached hydrogens (primary N) is 1. The minimum atomic E-state index is -5.08. The molecule has 14 nitrogen and oxygen atoms in total. The molecule has 1 aromatic heterocycles. The SMILES string of the molecule is COC(=O)Nc1ccc(SC(C)C)c([C@@H](CC(=O)O)NC(=O)[C@H](Nc2ccc3c(N)nccc3c2)c2ccc(OC)c(OC)c2)c1.O=C(O)C(F)(F)F. The van der Waals surface area contributed by atoms with Crippen LogP contribution in [0.5, 0.6) is 11.5 Å². The molecule has 0 unspecified atom stereocenters. The number of aromatic nitrogens is 1. The molecule has 0 bridgehead atoms. The number of fused-ring (bicyclic) bond motifs is 1. The van der Waals surface area contributed by atoms with Crippen molar-refractivity contribution in [3.63, 3.8) is 0 Å². The van der Waals surface area contributed by atoms with Gasteiger partial charge in [0.25, 0.3) is 0 Å². The maximum Gasteiger partial charge on any atom is 0.490 e. The molecule has 284 valence electrons. The molecule has 3 aromatic carbocycles. The van der Waals surface area contributed by atoms with E-state index in [1.54, 1.807) is 48.7 Å². The van der Waals surface area contributed by atoms with Gasteiger partial charge in [-0.25, -0.2) is 14.6 Å². The first-order valence-electron chi connectivity index (χ1n) is 15.6. The Hall–Kier alpha value is -5.91. The number of alkyl halides is 3. The van der Waals surface area contributed by atoms with Crippen LogP contribution >= 0.6 is 11.8 Å². The summed E-state index contributed by atoms with van der Waals surface area (Å²) in [6.45, 7) is 4.01. The van der Waals surface area contributed by atoms with E-state index in [2.05, 4.69) is 20.9 Å². The summed E-state index contributed by atoms with van der Waals surface area (Å²) in [5.74, 6) is -3.10. The van der Waals surface area contributed by atoms with Crippen LogP contribution in [0.4, 0.5) is 35.2 Å². The van der Waals surface area contributed by atoms with E-state index in [1.807, 2.05) is 32.0 Å².